The monoisotopic (exact) mass is 361 g/mol. The number of carboxylic acids is 1. The lowest BCUT2D eigenvalue weighted by Crippen LogP contribution is -2.00. The van der Waals surface area contributed by atoms with Gasteiger partial charge in [0.05, 0.1) is 22.3 Å². The fraction of sp³-hybridized carbons (Fsp3) is 0.0952. The van der Waals surface area contributed by atoms with Gasteiger partial charge in [-0.15, -0.1) is 0 Å². The number of benzene rings is 2. The molecular weight excluding hydrogens is 345 g/mol. The second kappa shape index (κ2) is 6.64. The molecule has 0 amide bonds. The number of hydrogen-bond donors (Lipinski definition) is 2. The lowest BCUT2D eigenvalue weighted by Gasteiger charge is -2.06. The Balaban J connectivity index is 1.90. The fourth-order valence-corrected chi connectivity index (χ4v) is 3.08. The summed E-state index contributed by atoms with van der Waals surface area (Å²) in [6.07, 6.45) is 0.924. The second-order valence-electron chi connectivity index (χ2n) is 6.21. The van der Waals surface area contributed by atoms with Gasteiger partial charge in [-0.05, 0) is 42.3 Å². The van der Waals surface area contributed by atoms with Crippen molar-refractivity contribution >= 4 is 17.0 Å². The minimum absolute atomic E-state index is 0.0997. The number of pyridine rings is 1. The summed E-state index contributed by atoms with van der Waals surface area (Å²) >= 11 is 0. The number of carbonyl (C=O) groups is 1. The first-order chi connectivity index (χ1) is 13.1. The average molecular weight is 361 g/mol. The number of nitrogens with zero attached hydrogens (tertiary/aromatic N) is 2. The van der Waals surface area contributed by atoms with E-state index in [-0.39, 0.29) is 11.4 Å². The van der Waals surface area contributed by atoms with E-state index in [9.17, 15) is 14.3 Å². The SMILES string of the molecule is CCc1ccc(-c2cc(C(=O)O)c3c(-c4ccc(F)cc4)[nH]nc3n2)cc1. The first kappa shape index (κ1) is 16.9. The lowest BCUT2D eigenvalue weighted by atomic mass is 10.0. The molecule has 2 heterocycles. The standard InChI is InChI=1S/C21H16FN3O2/c1-2-12-3-5-13(6-4-12)17-11-16(21(26)27)18-19(24-25-20(18)23-17)14-7-9-15(22)10-8-14/h3-11H,2H2,1H3,(H,26,27)(H,23,24,25). The fourth-order valence-electron chi connectivity index (χ4n) is 3.08. The summed E-state index contributed by atoms with van der Waals surface area (Å²) in [4.78, 5) is 16.4. The molecule has 0 bridgehead atoms. The molecule has 134 valence electrons. The Labute approximate surface area is 154 Å². The van der Waals surface area contributed by atoms with Crippen LogP contribution in [0.3, 0.4) is 0 Å². The largest absolute Gasteiger partial charge is 0.478 e. The van der Waals surface area contributed by atoms with E-state index in [2.05, 4.69) is 22.1 Å². The van der Waals surface area contributed by atoms with Crippen LogP contribution < -0.4 is 0 Å². The number of aryl methyl sites for hydroxylation is 1. The molecule has 5 nitrogen and oxygen atoms in total. The Hall–Kier alpha value is -3.54. The summed E-state index contributed by atoms with van der Waals surface area (Å²) in [5, 5.41) is 17.2. The van der Waals surface area contributed by atoms with Gasteiger partial charge in [0.15, 0.2) is 5.65 Å². The molecule has 0 fully saturated rings. The van der Waals surface area contributed by atoms with Crippen LogP contribution in [-0.2, 0) is 6.42 Å². The van der Waals surface area contributed by atoms with Crippen molar-refractivity contribution < 1.29 is 14.3 Å². The van der Waals surface area contributed by atoms with Crippen LogP contribution in [0.5, 0.6) is 0 Å². The molecule has 0 aliphatic carbocycles. The number of nitrogens with one attached hydrogen (secondary N) is 1. The van der Waals surface area contributed by atoms with Crippen LogP contribution in [0.25, 0.3) is 33.5 Å². The van der Waals surface area contributed by atoms with Gasteiger partial charge >= 0.3 is 5.97 Å². The van der Waals surface area contributed by atoms with Crippen molar-refractivity contribution in [2.45, 2.75) is 13.3 Å². The van der Waals surface area contributed by atoms with Gasteiger partial charge in [-0.1, -0.05) is 31.2 Å². The molecule has 4 rings (SSSR count). The molecule has 0 spiro atoms. The molecule has 6 heteroatoms. The predicted octanol–water partition coefficient (Wildman–Crippen LogP) is 4.69. The molecule has 2 N–H and O–H groups in total. The maximum Gasteiger partial charge on any atom is 0.336 e. The Bertz CT molecular complexity index is 1130. The zero-order valence-electron chi connectivity index (χ0n) is 14.5. The van der Waals surface area contributed by atoms with Gasteiger partial charge in [0.1, 0.15) is 5.82 Å². The van der Waals surface area contributed by atoms with Crippen molar-refractivity contribution in [2.75, 3.05) is 0 Å². The van der Waals surface area contributed by atoms with Crippen LogP contribution in [0.15, 0.2) is 54.6 Å². The molecule has 0 unspecified atom stereocenters. The first-order valence-corrected chi connectivity index (χ1v) is 8.54. The molecule has 27 heavy (non-hydrogen) atoms. The number of aromatic amines is 1. The number of H-pyrrole nitrogens is 1. The molecule has 0 saturated heterocycles. The van der Waals surface area contributed by atoms with Gasteiger partial charge < -0.3 is 5.11 Å². The molecule has 0 aliphatic rings. The van der Waals surface area contributed by atoms with Gasteiger partial charge in [0.2, 0.25) is 0 Å². The van der Waals surface area contributed by atoms with E-state index in [4.69, 9.17) is 0 Å². The molecule has 2 aromatic heterocycles. The van der Waals surface area contributed by atoms with Crippen LogP contribution in [0.4, 0.5) is 4.39 Å². The summed E-state index contributed by atoms with van der Waals surface area (Å²) in [5.41, 5.74) is 4.11. The van der Waals surface area contributed by atoms with E-state index >= 15 is 0 Å². The molecular formula is C21H16FN3O2. The van der Waals surface area contributed by atoms with Crippen LogP contribution in [-0.4, -0.2) is 26.3 Å². The van der Waals surface area contributed by atoms with Crippen LogP contribution in [0.2, 0.25) is 0 Å². The van der Waals surface area contributed by atoms with Crippen molar-refractivity contribution in [3.8, 4) is 22.5 Å². The number of aromatic nitrogens is 3. The summed E-state index contributed by atoms with van der Waals surface area (Å²) in [7, 11) is 0. The molecule has 0 atom stereocenters. The van der Waals surface area contributed by atoms with Crippen molar-refractivity contribution in [3.05, 3.63) is 71.5 Å². The van der Waals surface area contributed by atoms with Crippen LogP contribution in [0, 0.1) is 5.82 Å². The Morgan fingerprint density at radius 1 is 1.07 bits per heavy atom. The number of fused-ring (bicyclic) bond motifs is 1. The summed E-state index contributed by atoms with van der Waals surface area (Å²) < 4.78 is 13.2. The van der Waals surface area contributed by atoms with Crippen molar-refractivity contribution in [1.29, 1.82) is 0 Å². The topological polar surface area (TPSA) is 78.9 Å². The summed E-state index contributed by atoms with van der Waals surface area (Å²) in [6, 6.07) is 15.2. The van der Waals surface area contributed by atoms with E-state index in [0.717, 1.165) is 12.0 Å². The highest BCUT2D eigenvalue weighted by Crippen LogP contribution is 2.31. The molecule has 0 saturated carbocycles. The van der Waals surface area contributed by atoms with Crippen LogP contribution >= 0.6 is 0 Å². The molecule has 4 aromatic rings. The maximum atomic E-state index is 13.2. The van der Waals surface area contributed by atoms with E-state index in [1.165, 1.54) is 17.7 Å². The lowest BCUT2D eigenvalue weighted by molar-refractivity contribution is 0.0699. The average Bonchev–Trinajstić information content (AvgIpc) is 3.12. The predicted molar refractivity (Wildman–Crippen MR) is 101 cm³/mol. The van der Waals surface area contributed by atoms with Gasteiger partial charge in [0, 0.05) is 11.1 Å². The molecule has 2 aromatic carbocycles. The third kappa shape index (κ3) is 3.06. The number of rotatable bonds is 4. The number of aromatic carboxylic acids is 1. The highest BCUT2D eigenvalue weighted by Gasteiger charge is 2.19. The third-order valence-corrected chi connectivity index (χ3v) is 4.55. The van der Waals surface area contributed by atoms with Gasteiger partial charge in [0.25, 0.3) is 0 Å². The molecule has 0 radical (unpaired) electrons. The minimum atomic E-state index is -1.07. The minimum Gasteiger partial charge on any atom is -0.478 e. The highest BCUT2D eigenvalue weighted by atomic mass is 19.1. The van der Waals surface area contributed by atoms with Crippen molar-refractivity contribution in [1.82, 2.24) is 15.2 Å². The van der Waals surface area contributed by atoms with Gasteiger partial charge in [-0.2, -0.15) is 5.10 Å². The van der Waals surface area contributed by atoms with Gasteiger partial charge in [-0.3, -0.25) is 5.10 Å². The number of carboxylic acid groups (broad SMARTS) is 1. The van der Waals surface area contributed by atoms with E-state index in [1.54, 1.807) is 18.2 Å². The first-order valence-electron chi connectivity index (χ1n) is 8.54. The Morgan fingerprint density at radius 2 is 1.74 bits per heavy atom. The zero-order valence-corrected chi connectivity index (χ0v) is 14.5. The van der Waals surface area contributed by atoms with Crippen molar-refractivity contribution in [2.24, 2.45) is 0 Å². The quantitative estimate of drug-likeness (QED) is 0.553. The Kier molecular flexibility index (Phi) is 4.16. The van der Waals surface area contributed by atoms with E-state index < -0.39 is 5.97 Å². The van der Waals surface area contributed by atoms with E-state index in [1.807, 2.05) is 24.3 Å². The number of hydrogen-bond acceptors (Lipinski definition) is 3. The second-order valence-corrected chi connectivity index (χ2v) is 6.21. The molecule has 0 aliphatic heterocycles. The van der Waals surface area contributed by atoms with Crippen molar-refractivity contribution in [3.63, 3.8) is 0 Å². The van der Waals surface area contributed by atoms with E-state index in [0.29, 0.717) is 28.0 Å². The smallest absolute Gasteiger partial charge is 0.336 e. The number of halogens is 1. The van der Waals surface area contributed by atoms with Gasteiger partial charge in [-0.25, -0.2) is 14.2 Å². The highest BCUT2D eigenvalue weighted by molar-refractivity contribution is 6.08. The normalized spacial score (nSPS) is 11.0. The maximum absolute atomic E-state index is 13.2. The Morgan fingerprint density at radius 3 is 2.37 bits per heavy atom. The third-order valence-electron chi connectivity index (χ3n) is 4.55. The zero-order chi connectivity index (χ0) is 19.0. The van der Waals surface area contributed by atoms with Crippen LogP contribution in [0.1, 0.15) is 22.8 Å². The summed E-state index contributed by atoms with van der Waals surface area (Å²) in [5.74, 6) is -1.43. The summed E-state index contributed by atoms with van der Waals surface area (Å²) in [6.45, 7) is 2.07.